The first-order valence-electron chi connectivity index (χ1n) is 3.84. The summed E-state index contributed by atoms with van der Waals surface area (Å²) in [5.74, 6) is 0. The SMILES string of the molecule is C=CCCC[B]CCC. The van der Waals surface area contributed by atoms with Gasteiger partial charge in [-0.1, -0.05) is 38.5 Å². The summed E-state index contributed by atoms with van der Waals surface area (Å²) in [4.78, 5) is 0. The van der Waals surface area contributed by atoms with Gasteiger partial charge in [0.25, 0.3) is 0 Å². The van der Waals surface area contributed by atoms with E-state index < -0.39 is 0 Å². The van der Waals surface area contributed by atoms with Crippen LogP contribution in [0.5, 0.6) is 0 Å². The molecule has 0 heterocycles. The van der Waals surface area contributed by atoms with Crippen molar-refractivity contribution in [2.45, 2.75) is 38.8 Å². The van der Waals surface area contributed by atoms with Crippen LogP contribution >= 0.6 is 0 Å². The van der Waals surface area contributed by atoms with Crippen molar-refractivity contribution in [2.75, 3.05) is 0 Å². The molecule has 0 rings (SSSR count). The Labute approximate surface area is 59.6 Å². The molecule has 0 aromatic heterocycles. The molecule has 0 aromatic carbocycles. The zero-order valence-electron chi connectivity index (χ0n) is 6.40. The largest absolute Gasteiger partial charge is 0.109 e. The highest BCUT2D eigenvalue weighted by Gasteiger charge is 1.86. The lowest BCUT2D eigenvalue weighted by Crippen LogP contribution is -1.86. The molecule has 1 radical (unpaired) electrons. The van der Waals surface area contributed by atoms with Crippen LogP contribution in [0.3, 0.4) is 0 Å². The molecular weight excluding hydrogens is 107 g/mol. The molecule has 9 heavy (non-hydrogen) atoms. The third kappa shape index (κ3) is 7.80. The first kappa shape index (κ1) is 8.80. The van der Waals surface area contributed by atoms with E-state index in [-0.39, 0.29) is 0 Å². The Morgan fingerprint density at radius 2 is 2.22 bits per heavy atom. The van der Waals surface area contributed by atoms with Crippen molar-refractivity contribution < 1.29 is 0 Å². The Kier molecular flexibility index (Phi) is 7.64. The fraction of sp³-hybridized carbons (Fsp3) is 0.750. The van der Waals surface area contributed by atoms with Gasteiger partial charge >= 0.3 is 0 Å². The Morgan fingerprint density at radius 3 is 2.78 bits per heavy atom. The molecule has 0 aromatic rings. The van der Waals surface area contributed by atoms with Crippen LogP contribution in [0.15, 0.2) is 12.7 Å². The predicted molar refractivity (Wildman–Crippen MR) is 45.1 cm³/mol. The summed E-state index contributed by atoms with van der Waals surface area (Å²) in [6.45, 7) is 5.88. The third-order valence-electron chi connectivity index (χ3n) is 1.31. The molecule has 0 amide bonds. The van der Waals surface area contributed by atoms with Gasteiger partial charge in [-0.3, -0.25) is 0 Å². The molecule has 0 unspecified atom stereocenters. The molecule has 0 nitrogen and oxygen atoms in total. The molecule has 0 aliphatic carbocycles. The summed E-state index contributed by atoms with van der Waals surface area (Å²) in [5, 5.41) is 0. The molecule has 51 valence electrons. The summed E-state index contributed by atoms with van der Waals surface area (Å²) in [6, 6.07) is 0. The van der Waals surface area contributed by atoms with Crippen molar-refractivity contribution in [3.63, 3.8) is 0 Å². The molecule has 0 atom stereocenters. The standard InChI is InChI=1S/C8H16B/c1-3-5-6-8-9-7-4-2/h3H,1,4-8H2,2H3. The van der Waals surface area contributed by atoms with Crippen molar-refractivity contribution in [3.05, 3.63) is 12.7 Å². The molecule has 1 heteroatoms. The lowest BCUT2D eigenvalue weighted by molar-refractivity contribution is 0.940. The smallest absolute Gasteiger partial charge is 0.103 e. The van der Waals surface area contributed by atoms with E-state index in [9.17, 15) is 0 Å². The zero-order valence-corrected chi connectivity index (χ0v) is 6.40. The summed E-state index contributed by atoms with van der Waals surface area (Å²) in [7, 11) is 2.36. The quantitative estimate of drug-likeness (QED) is 0.289. The Morgan fingerprint density at radius 1 is 1.44 bits per heavy atom. The van der Waals surface area contributed by atoms with Crippen LogP contribution in [-0.4, -0.2) is 7.28 Å². The minimum Gasteiger partial charge on any atom is -0.103 e. The second-order valence-corrected chi connectivity index (χ2v) is 2.30. The van der Waals surface area contributed by atoms with E-state index in [1.54, 1.807) is 0 Å². The summed E-state index contributed by atoms with van der Waals surface area (Å²) in [6.07, 6.45) is 8.26. The average Bonchev–Trinajstić information content (AvgIpc) is 1.89. The molecule has 0 spiro atoms. The summed E-state index contributed by atoms with van der Waals surface area (Å²) >= 11 is 0. The van der Waals surface area contributed by atoms with E-state index in [1.165, 1.54) is 31.9 Å². The van der Waals surface area contributed by atoms with Crippen molar-refractivity contribution in [3.8, 4) is 0 Å². The molecule has 0 saturated heterocycles. The maximum Gasteiger partial charge on any atom is 0.109 e. The van der Waals surface area contributed by atoms with Crippen LogP contribution in [0.2, 0.25) is 12.6 Å². The van der Waals surface area contributed by atoms with Crippen LogP contribution in [-0.2, 0) is 0 Å². The molecule has 0 saturated carbocycles. The second-order valence-electron chi connectivity index (χ2n) is 2.30. The van der Waals surface area contributed by atoms with Crippen LogP contribution in [0.25, 0.3) is 0 Å². The molecule has 0 bridgehead atoms. The minimum atomic E-state index is 1.17. The number of hydrogen-bond acceptors (Lipinski definition) is 0. The highest BCUT2D eigenvalue weighted by Crippen LogP contribution is 1.98. The van der Waals surface area contributed by atoms with E-state index >= 15 is 0 Å². The van der Waals surface area contributed by atoms with Crippen molar-refractivity contribution in [2.24, 2.45) is 0 Å². The third-order valence-corrected chi connectivity index (χ3v) is 1.31. The summed E-state index contributed by atoms with van der Waals surface area (Å²) in [5.41, 5.74) is 0. The van der Waals surface area contributed by atoms with Gasteiger partial charge < -0.3 is 0 Å². The topological polar surface area (TPSA) is 0 Å². The van der Waals surface area contributed by atoms with Gasteiger partial charge in [-0.25, -0.2) is 0 Å². The van der Waals surface area contributed by atoms with E-state index in [2.05, 4.69) is 20.8 Å². The van der Waals surface area contributed by atoms with E-state index in [0.29, 0.717) is 0 Å². The fourth-order valence-electron chi connectivity index (χ4n) is 0.755. The van der Waals surface area contributed by atoms with Crippen LogP contribution < -0.4 is 0 Å². The van der Waals surface area contributed by atoms with Gasteiger partial charge in [0.05, 0.1) is 0 Å². The Balaban J connectivity index is 2.66. The first-order valence-corrected chi connectivity index (χ1v) is 3.84. The van der Waals surface area contributed by atoms with Crippen LogP contribution in [0, 0.1) is 0 Å². The lowest BCUT2D eigenvalue weighted by Gasteiger charge is -1.92. The van der Waals surface area contributed by atoms with Gasteiger partial charge in [0, 0.05) is 0 Å². The maximum absolute atomic E-state index is 3.66. The fourth-order valence-corrected chi connectivity index (χ4v) is 0.755. The Hall–Kier alpha value is -0.195. The van der Waals surface area contributed by atoms with Crippen molar-refractivity contribution >= 4 is 7.28 Å². The zero-order chi connectivity index (χ0) is 6.95. The number of hydrogen-bond donors (Lipinski definition) is 0. The van der Waals surface area contributed by atoms with Gasteiger partial charge in [-0.2, -0.15) is 0 Å². The Bertz CT molecular complexity index is 59.6. The highest BCUT2D eigenvalue weighted by molar-refractivity contribution is 6.35. The number of unbranched alkanes of at least 4 members (excludes halogenated alkanes) is 1. The average molecular weight is 123 g/mol. The number of rotatable bonds is 6. The lowest BCUT2D eigenvalue weighted by atomic mass is 9.69. The van der Waals surface area contributed by atoms with Crippen molar-refractivity contribution in [1.82, 2.24) is 0 Å². The van der Waals surface area contributed by atoms with Gasteiger partial charge in [-0.15, -0.1) is 6.58 Å². The minimum absolute atomic E-state index is 1.17. The first-order chi connectivity index (χ1) is 4.41. The monoisotopic (exact) mass is 123 g/mol. The maximum atomic E-state index is 3.66. The molecular formula is C8H16B. The highest BCUT2D eigenvalue weighted by atomic mass is 13.8. The van der Waals surface area contributed by atoms with Crippen LogP contribution in [0.1, 0.15) is 26.2 Å². The molecule has 0 N–H and O–H groups in total. The molecule has 0 aliphatic heterocycles. The van der Waals surface area contributed by atoms with E-state index in [0.717, 1.165) is 0 Å². The van der Waals surface area contributed by atoms with Gasteiger partial charge in [0.2, 0.25) is 0 Å². The molecule has 0 aliphatic rings. The van der Waals surface area contributed by atoms with E-state index in [1.807, 2.05) is 6.08 Å². The normalized spacial score (nSPS) is 9.00. The van der Waals surface area contributed by atoms with Gasteiger partial charge in [-0.05, 0) is 6.42 Å². The van der Waals surface area contributed by atoms with Gasteiger partial charge in [0.15, 0.2) is 0 Å². The van der Waals surface area contributed by atoms with E-state index in [4.69, 9.17) is 0 Å². The second kappa shape index (κ2) is 7.80. The van der Waals surface area contributed by atoms with Gasteiger partial charge in [0.1, 0.15) is 7.28 Å². The van der Waals surface area contributed by atoms with Crippen LogP contribution in [0.4, 0.5) is 0 Å². The number of allylic oxidation sites excluding steroid dienone is 1. The molecule has 0 fully saturated rings. The summed E-state index contributed by atoms with van der Waals surface area (Å²) < 4.78 is 0. The predicted octanol–water partition coefficient (Wildman–Crippen LogP) is 2.90. The van der Waals surface area contributed by atoms with Crippen molar-refractivity contribution in [1.29, 1.82) is 0 Å².